The van der Waals surface area contributed by atoms with Crippen LogP contribution in [0.1, 0.15) is 13.8 Å². The molecule has 0 amide bonds. The number of nitrogens with one attached hydrogen (secondary N) is 3. The van der Waals surface area contributed by atoms with Crippen molar-refractivity contribution in [3.8, 4) is 0 Å². The highest BCUT2D eigenvalue weighted by Gasteiger charge is 2.18. The van der Waals surface area contributed by atoms with Gasteiger partial charge in [0.1, 0.15) is 0 Å². The maximum absolute atomic E-state index is 11.8. The maximum Gasteiger partial charge on any atom is 0.243 e. The van der Waals surface area contributed by atoms with Crippen LogP contribution in [0.2, 0.25) is 0 Å². The van der Waals surface area contributed by atoms with E-state index in [0.717, 1.165) is 26.2 Å². The molecule has 0 aliphatic carbocycles. The number of nitrogens with two attached hydrogens (primary N) is 1. The average molecular weight is 373 g/mol. The average Bonchev–Trinajstić information content (AvgIpc) is 2.53. The summed E-state index contributed by atoms with van der Waals surface area (Å²) >= 11 is 0. The summed E-state index contributed by atoms with van der Waals surface area (Å²) in [7, 11) is -1.28. The summed E-state index contributed by atoms with van der Waals surface area (Å²) in [6, 6.07) is -0.140. The molecule has 0 spiro atoms. The summed E-state index contributed by atoms with van der Waals surface area (Å²) in [5.74, 6) is 6.39. The molecule has 0 radical (unpaired) electrons. The predicted octanol–water partition coefficient (Wildman–Crippen LogP) is -1.35. The molecule has 2 heterocycles. The highest BCUT2D eigenvalue weighted by atomic mass is 32.2. The van der Waals surface area contributed by atoms with Gasteiger partial charge in [0.15, 0.2) is 0 Å². The van der Waals surface area contributed by atoms with Crippen molar-refractivity contribution < 1.29 is 8.42 Å². The van der Waals surface area contributed by atoms with Crippen molar-refractivity contribution in [3.05, 3.63) is 0 Å². The van der Waals surface area contributed by atoms with Crippen LogP contribution in [0, 0.1) is 0 Å². The lowest BCUT2D eigenvalue weighted by molar-refractivity contribution is 0.311. The van der Waals surface area contributed by atoms with E-state index in [2.05, 4.69) is 42.4 Å². The Morgan fingerprint density at radius 1 is 1.12 bits per heavy atom. The largest absolute Gasteiger partial charge is 0.353 e. The summed E-state index contributed by atoms with van der Waals surface area (Å²) in [5, 5.41) is 2.92. The van der Waals surface area contributed by atoms with Gasteiger partial charge in [-0.2, -0.15) is 15.0 Å². The fraction of sp³-hybridized carbons (Fsp3) is 0.769. The number of sulfonamides is 1. The number of hydrazine groups is 1. The van der Waals surface area contributed by atoms with E-state index in [-0.39, 0.29) is 30.2 Å². The molecule has 12 heteroatoms. The Kier molecular flexibility index (Phi) is 6.70. The Balaban J connectivity index is 2.01. The van der Waals surface area contributed by atoms with E-state index < -0.39 is 10.0 Å². The first-order valence-corrected chi connectivity index (χ1v) is 9.84. The first-order chi connectivity index (χ1) is 11.8. The van der Waals surface area contributed by atoms with Gasteiger partial charge in [-0.15, -0.1) is 0 Å². The van der Waals surface area contributed by atoms with Crippen molar-refractivity contribution in [1.29, 1.82) is 0 Å². The first-order valence-electron chi connectivity index (χ1n) is 8.19. The van der Waals surface area contributed by atoms with E-state index in [1.807, 2.05) is 4.90 Å². The smallest absolute Gasteiger partial charge is 0.243 e. The molecule has 1 saturated heterocycles. The van der Waals surface area contributed by atoms with Crippen molar-refractivity contribution in [2.75, 3.05) is 61.2 Å². The molecule has 11 nitrogen and oxygen atoms in total. The summed E-state index contributed by atoms with van der Waals surface area (Å²) in [6.07, 6.45) is 0. The molecule has 1 aliphatic heterocycles. The molecule has 1 fully saturated rings. The zero-order valence-electron chi connectivity index (χ0n) is 14.9. The van der Waals surface area contributed by atoms with Crippen LogP contribution in [-0.4, -0.2) is 79.8 Å². The second kappa shape index (κ2) is 8.56. The number of hydrogen-bond acceptors (Lipinski definition) is 10. The lowest BCUT2D eigenvalue weighted by Gasteiger charge is -2.32. The SMILES string of the molecule is CC(C)NS(=O)(=O)CCNc1nc(NN)nc(N2CCN(C)CC2)n1. The van der Waals surface area contributed by atoms with Gasteiger partial charge in [0.05, 0.1) is 5.75 Å². The number of nitrogens with zero attached hydrogens (tertiary/aromatic N) is 5. The van der Waals surface area contributed by atoms with E-state index in [9.17, 15) is 8.42 Å². The van der Waals surface area contributed by atoms with Gasteiger partial charge in [0.25, 0.3) is 0 Å². The Labute approximate surface area is 148 Å². The maximum atomic E-state index is 11.8. The molecule has 0 atom stereocenters. The Hall–Kier alpha value is -1.76. The molecule has 0 bridgehead atoms. The molecule has 142 valence electrons. The van der Waals surface area contributed by atoms with Gasteiger partial charge in [-0.3, -0.25) is 5.43 Å². The van der Waals surface area contributed by atoms with Crippen LogP contribution in [0.4, 0.5) is 17.8 Å². The standard InChI is InChI=1S/C13H27N9O2S/c1-10(2)20-25(23,24)9-4-15-11-16-12(19-14)18-13(17-11)22-7-5-21(3)6-8-22/h10,20H,4-9,14H2,1-3H3,(H2,15,16,17,18,19). The minimum Gasteiger partial charge on any atom is -0.353 e. The lowest BCUT2D eigenvalue weighted by atomic mass is 10.3. The topological polar surface area (TPSA) is 141 Å². The molecule has 5 N–H and O–H groups in total. The fourth-order valence-electron chi connectivity index (χ4n) is 2.37. The number of hydrogen-bond donors (Lipinski definition) is 4. The molecule has 1 aromatic rings. The third kappa shape index (κ3) is 6.23. The molecule has 1 aliphatic rings. The third-order valence-corrected chi connectivity index (χ3v) is 5.18. The van der Waals surface area contributed by atoms with Gasteiger partial charge in [0.2, 0.25) is 27.9 Å². The van der Waals surface area contributed by atoms with E-state index in [4.69, 9.17) is 5.84 Å². The van der Waals surface area contributed by atoms with E-state index in [1.54, 1.807) is 13.8 Å². The van der Waals surface area contributed by atoms with Crippen molar-refractivity contribution in [2.45, 2.75) is 19.9 Å². The summed E-state index contributed by atoms with van der Waals surface area (Å²) in [5.41, 5.74) is 2.42. The van der Waals surface area contributed by atoms with Gasteiger partial charge >= 0.3 is 0 Å². The molecular weight excluding hydrogens is 346 g/mol. The van der Waals surface area contributed by atoms with E-state index in [1.165, 1.54) is 0 Å². The molecule has 25 heavy (non-hydrogen) atoms. The Morgan fingerprint density at radius 3 is 2.36 bits per heavy atom. The van der Waals surface area contributed by atoms with E-state index in [0.29, 0.717) is 5.95 Å². The highest BCUT2D eigenvalue weighted by molar-refractivity contribution is 7.89. The van der Waals surface area contributed by atoms with Crippen molar-refractivity contribution >= 4 is 27.9 Å². The van der Waals surface area contributed by atoms with Gasteiger partial charge in [-0.1, -0.05) is 0 Å². The molecule has 2 rings (SSSR count). The number of likely N-dealkylation sites (N-methyl/N-ethyl adjacent to an activating group) is 1. The summed E-state index contributed by atoms with van der Waals surface area (Å²) in [4.78, 5) is 17.0. The van der Waals surface area contributed by atoms with Crippen LogP contribution in [0.15, 0.2) is 0 Å². The van der Waals surface area contributed by atoms with Crippen molar-refractivity contribution in [1.82, 2.24) is 24.6 Å². The van der Waals surface area contributed by atoms with Crippen molar-refractivity contribution in [3.63, 3.8) is 0 Å². The number of rotatable bonds is 8. The first kappa shape index (κ1) is 19.6. The van der Waals surface area contributed by atoms with Gasteiger partial charge < -0.3 is 15.1 Å². The normalized spacial score (nSPS) is 16.3. The van der Waals surface area contributed by atoms with Crippen LogP contribution in [-0.2, 0) is 10.0 Å². The molecule has 0 saturated carbocycles. The lowest BCUT2D eigenvalue weighted by Crippen LogP contribution is -2.45. The number of nitrogen functional groups attached to an aromatic ring is 1. The zero-order valence-corrected chi connectivity index (χ0v) is 15.7. The second-order valence-corrected chi connectivity index (χ2v) is 8.11. The van der Waals surface area contributed by atoms with E-state index >= 15 is 0 Å². The number of anilines is 3. The summed E-state index contributed by atoms with van der Waals surface area (Å²) in [6.45, 7) is 7.17. The molecular formula is C13H27N9O2S. The van der Waals surface area contributed by atoms with Crippen LogP contribution in [0.5, 0.6) is 0 Å². The highest BCUT2D eigenvalue weighted by Crippen LogP contribution is 2.14. The van der Waals surface area contributed by atoms with Gasteiger partial charge in [-0.05, 0) is 20.9 Å². The van der Waals surface area contributed by atoms with Gasteiger partial charge in [-0.25, -0.2) is 19.0 Å². The van der Waals surface area contributed by atoms with Gasteiger partial charge in [0, 0.05) is 38.8 Å². The zero-order chi connectivity index (χ0) is 18.4. The molecule has 1 aromatic heterocycles. The minimum atomic E-state index is -3.34. The van der Waals surface area contributed by atoms with Crippen molar-refractivity contribution in [2.24, 2.45) is 5.84 Å². The fourth-order valence-corrected chi connectivity index (χ4v) is 3.58. The van der Waals surface area contributed by atoms with Crippen LogP contribution < -0.4 is 26.2 Å². The Morgan fingerprint density at radius 2 is 1.76 bits per heavy atom. The molecule has 0 unspecified atom stereocenters. The monoisotopic (exact) mass is 373 g/mol. The second-order valence-electron chi connectivity index (χ2n) is 6.24. The summed E-state index contributed by atoms with van der Waals surface area (Å²) < 4.78 is 26.2. The number of piperazine rings is 1. The van der Waals surface area contributed by atoms with Crippen LogP contribution in [0.3, 0.4) is 0 Å². The minimum absolute atomic E-state index is 0.0773. The quantitative estimate of drug-likeness (QED) is 0.319. The Bertz CT molecular complexity index is 659. The predicted molar refractivity (Wildman–Crippen MR) is 97.9 cm³/mol. The number of aromatic nitrogens is 3. The molecule has 0 aromatic carbocycles. The van der Waals surface area contributed by atoms with Crippen LogP contribution >= 0.6 is 0 Å². The van der Waals surface area contributed by atoms with Crippen LogP contribution in [0.25, 0.3) is 0 Å². The third-order valence-electron chi connectivity index (χ3n) is 3.61.